The molecule has 0 fully saturated rings. The van der Waals surface area contributed by atoms with Crippen molar-refractivity contribution in [3.8, 4) is 17.0 Å². The van der Waals surface area contributed by atoms with Crippen molar-refractivity contribution in [1.82, 2.24) is 19.5 Å². The maximum Gasteiger partial charge on any atom is 0.225 e. The van der Waals surface area contributed by atoms with E-state index in [-0.39, 0.29) is 13.1 Å². The van der Waals surface area contributed by atoms with Crippen LogP contribution in [0.4, 0.5) is 5.95 Å². The Morgan fingerprint density at radius 3 is 2.71 bits per heavy atom. The minimum atomic E-state index is -0.653. The van der Waals surface area contributed by atoms with Crippen molar-refractivity contribution in [2.75, 3.05) is 25.5 Å². The van der Waals surface area contributed by atoms with Gasteiger partial charge in [-0.25, -0.2) is 9.97 Å². The fourth-order valence-corrected chi connectivity index (χ4v) is 2.33. The average Bonchev–Trinajstić information content (AvgIpc) is 3.00. The van der Waals surface area contributed by atoms with Crippen LogP contribution < -0.4 is 15.8 Å². The Morgan fingerprint density at radius 2 is 2.04 bits per heavy atom. The van der Waals surface area contributed by atoms with Gasteiger partial charge in [-0.2, -0.15) is 4.98 Å². The van der Waals surface area contributed by atoms with E-state index in [0.717, 1.165) is 11.3 Å². The predicted octanol–water partition coefficient (Wildman–Crippen LogP) is 0.770. The fourth-order valence-electron chi connectivity index (χ4n) is 2.33. The molecule has 8 heteroatoms. The third-order valence-electron chi connectivity index (χ3n) is 3.69. The molecule has 24 heavy (non-hydrogen) atoms. The Kier molecular flexibility index (Phi) is 4.59. The van der Waals surface area contributed by atoms with Crippen molar-refractivity contribution in [1.29, 1.82) is 0 Å². The molecule has 0 saturated heterocycles. The van der Waals surface area contributed by atoms with Gasteiger partial charge in [0.25, 0.3) is 0 Å². The van der Waals surface area contributed by atoms with E-state index in [1.54, 1.807) is 13.4 Å². The number of imidazole rings is 1. The van der Waals surface area contributed by atoms with E-state index in [1.807, 2.05) is 35.9 Å². The second-order valence-electron chi connectivity index (χ2n) is 5.42. The highest BCUT2D eigenvalue weighted by Gasteiger charge is 2.14. The molecule has 2 aromatic heterocycles. The number of aryl methyl sites for hydroxylation is 1. The second-order valence-corrected chi connectivity index (χ2v) is 5.42. The number of fused-ring (bicyclic) bond motifs is 1. The van der Waals surface area contributed by atoms with Crippen molar-refractivity contribution in [3.05, 3.63) is 30.6 Å². The van der Waals surface area contributed by atoms with Gasteiger partial charge in [0.1, 0.15) is 17.0 Å². The lowest BCUT2D eigenvalue weighted by molar-refractivity contribution is 0.196. The molecule has 0 radical (unpaired) electrons. The summed E-state index contributed by atoms with van der Waals surface area (Å²) in [5.41, 5.74) is 8.47. The topological polar surface area (TPSA) is 111 Å². The highest BCUT2D eigenvalue weighted by atomic mass is 16.5. The number of nitrogens with one attached hydrogen (secondary N) is 1. The molecule has 8 nitrogen and oxygen atoms in total. The number of rotatable bonds is 6. The lowest BCUT2D eigenvalue weighted by atomic mass is 10.1. The van der Waals surface area contributed by atoms with Crippen molar-refractivity contribution in [2.24, 2.45) is 12.8 Å². The summed E-state index contributed by atoms with van der Waals surface area (Å²) in [7, 11) is 3.50. The Hall–Kier alpha value is -2.71. The number of aromatic nitrogens is 4. The molecular formula is C16H20N6O2. The molecule has 1 unspecified atom stereocenters. The number of methoxy groups -OCH3 is 1. The van der Waals surface area contributed by atoms with E-state index in [0.29, 0.717) is 22.8 Å². The van der Waals surface area contributed by atoms with Crippen LogP contribution in [0.2, 0.25) is 0 Å². The van der Waals surface area contributed by atoms with Crippen molar-refractivity contribution in [2.45, 2.75) is 6.10 Å². The minimum Gasteiger partial charge on any atom is -0.497 e. The summed E-state index contributed by atoms with van der Waals surface area (Å²) >= 11 is 0. The van der Waals surface area contributed by atoms with Crippen LogP contribution in [-0.4, -0.2) is 50.9 Å². The lowest BCUT2D eigenvalue weighted by Crippen LogP contribution is -2.28. The third-order valence-corrected chi connectivity index (χ3v) is 3.69. The Balaban J connectivity index is 2.04. The Morgan fingerprint density at radius 1 is 1.29 bits per heavy atom. The fraction of sp³-hybridized carbons (Fsp3) is 0.312. The summed E-state index contributed by atoms with van der Waals surface area (Å²) in [5, 5.41) is 12.6. The lowest BCUT2D eigenvalue weighted by Gasteiger charge is -2.11. The van der Waals surface area contributed by atoms with Gasteiger partial charge in [0.2, 0.25) is 5.95 Å². The maximum absolute atomic E-state index is 9.62. The minimum absolute atomic E-state index is 0.173. The first-order valence-corrected chi connectivity index (χ1v) is 7.58. The van der Waals surface area contributed by atoms with Gasteiger partial charge in [0.15, 0.2) is 5.65 Å². The van der Waals surface area contributed by atoms with E-state index in [9.17, 15) is 5.11 Å². The van der Waals surface area contributed by atoms with Crippen molar-refractivity contribution < 1.29 is 9.84 Å². The predicted molar refractivity (Wildman–Crippen MR) is 91.8 cm³/mol. The molecule has 0 aliphatic rings. The number of benzene rings is 1. The standard InChI is InChI=1S/C16H20N6O2/c1-22-9-19-14-13(10-3-5-12(24-2)6-4-10)20-16(21-15(14)22)18-8-11(23)7-17/h3-6,9,11,23H,7-8,17H2,1-2H3,(H,18,20,21). The molecule has 3 rings (SSSR count). The number of hydrogen-bond donors (Lipinski definition) is 3. The van der Waals surface area contributed by atoms with Gasteiger partial charge in [0, 0.05) is 25.7 Å². The van der Waals surface area contributed by atoms with Gasteiger partial charge in [0.05, 0.1) is 19.5 Å². The highest BCUT2D eigenvalue weighted by molar-refractivity contribution is 5.88. The molecule has 0 saturated carbocycles. The molecule has 1 atom stereocenters. The molecule has 4 N–H and O–H groups in total. The zero-order chi connectivity index (χ0) is 17.1. The second kappa shape index (κ2) is 6.81. The number of ether oxygens (including phenoxy) is 1. The highest BCUT2D eigenvalue weighted by Crippen LogP contribution is 2.27. The summed E-state index contributed by atoms with van der Waals surface area (Å²) in [6, 6.07) is 7.59. The summed E-state index contributed by atoms with van der Waals surface area (Å²) in [6.07, 6.45) is 1.05. The summed E-state index contributed by atoms with van der Waals surface area (Å²) in [4.78, 5) is 13.4. The largest absolute Gasteiger partial charge is 0.497 e. The molecule has 0 aliphatic heterocycles. The molecule has 0 aliphatic carbocycles. The van der Waals surface area contributed by atoms with Crippen LogP contribution in [0.15, 0.2) is 30.6 Å². The van der Waals surface area contributed by atoms with Gasteiger partial charge in [-0.05, 0) is 24.3 Å². The van der Waals surface area contributed by atoms with E-state index >= 15 is 0 Å². The van der Waals surface area contributed by atoms with Gasteiger partial charge >= 0.3 is 0 Å². The van der Waals surface area contributed by atoms with Crippen molar-refractivity contribution >= 4 is 17.1 Å². The summed E-state index contributed by atoms with van der Waals surface area (Å²) in [6.45, 7) is 0.453. The number of aliphatic hydroxyl groups excluding tert-OH is 1. The molecular weight excluding hydrogens is 308 g/mol. The van der Waals surface area contributed by atoms with Crippen LogP contribution in [0.25, 0.3) is 22.4 Å². The Labute approximate surface area is 139 Å². The van der Waals surface area contributed by atoms with Crippen LogP contribution in [0, 0.1) is 0 Å². The third kappa shape index (κ3) is 3.15. The molecule has 2 heterocycles. The van der Waals surface area contributed by atoms with E-state index in [4.69, 9.17) is 10.5 Å². The molecule has 0 bridgehead atoms. The molecule has 0 spiro atoms. The van der Waals surface area contributed by atoms with E-state index in [2.05, 4.69) is 20.3 Å². The molecule has 1 aromatic carbocycles. The van der Waals surface area contributed by atoms with E-state index < -0.39 is 6.10 Å². The quantitative estimate of drug-likeness (QED) is 0.613. The zero-order valence-corrected chi connectivity index (χ0v) is 13.6. The summed E-state index contributed by atoms with van der Waals surface area (Å²) < 4.78 is 7.02. The average molecular weight is 328 g/mol. The monoisotopic (exact) mass is 328 g/mol. The maximum atomic E-state index is 9.62. The SMILES string of the molecule is COc1ccc(-c2nc(NCC(O)CN)nc3c2ncn3C)cc1. The van der Waals surface area contributed by atoms with Gasteiger partial charge in [-0.3, -0.25) is 0 Å². The number of anilines is 1. The molecule has 0 amide bonds. The van der Waals surface area contributed by atoms with Crippen LogP contribution in [-0.2, 0) is 7.05 Å². The molecule has 126 valence electrons. The zero-order valence-electron chi connectivity index (χ0n) is 13.6. The number of nitrogens with zero attached hydrogens (tertiary/aromatic N) is 4. The number of nitrogens with two attached hydrogens (primary N) is 1. The first-order chi connectivity index (χ1) is 11.6. The van der Waals surface area contributed by atoms with Crippen LogP contribution >= 0.6 is 0 Å². The number of hydrogen-bond acceptors (Lipinski definition) is 7. The first kappa shape index (κ1) is 16.2. The van der Waals surface area contributed by atoms with Gasteiger partial charge < -0.3 is 25.5 Å². The van der Waals surface area contributed by atoms with Gasteiger partial charge in [-0.1, -0.05) is 0 Å². The van der Waals surface area contributed by atoms with Crippen LogP contribution in [0.1, 0.15) is 0 Å². The van der Waals surface area contributed by atoms with Gasteiger partial charge in [-0.15, -0.1) is 0 Å². The van der Waals surface area contributed by atoms with E-state index in [1.165, 1.54) is 0 Å². The normalized spacial score (nSPS) is 12.3. The van der Waals surface area contributed by atoms with Crippen molar-refractivity contribution in [3.63, 3.8) is 0 Å². The molecule has 3 aromatic rings. The Bertz CT molecular complexity index is 830. The smallest absolute Gasteiger partial charge is 0.225 e. The first-order valence-electron chi connectivity index (χ1n) is 7.58. The summed E-state index contributed by atoms with van der Waals surface area (Å²) in [5.74, 6) is 1.19. The van der Waals surface area contributed by atoms with Crippen LogP contribution in [0.3, 0.4) is 0 Å². The van der Waals surface area contributed by atoms with Crippen LogP contribution in [0.5, 0.6) is 5.75 Å². The number of aliphatic hydroxyl groups is 1.